The van der Waals surface area contributed by atoms with E-state index in [2.05, 4.69) is 0 Å². The quantitative estimate of drug-likeness (QED) is 0.566. The van der Waals surface area contributed by atoms with Gasteiger partial charge in [-0.05, 0) is 42.5 Å². The van der Waals surface area contributed by atoms with E-state index in [0.29, 0.717) is 5.56 Å². The third-order valence-electron chi connectivity index (χ3n) is 4.35. The molecule has 0 amide bonds. The lowest BCUT2D eigenvalue weighted by molar-refractivity contribution is -0.140. The molecule has 0 bridgehead atoms. The number of carbonyl (C=O) groups is 1. The first kappa shape index (κ1) is 19.9. The molecule has 0 fully saturated rings. The minimum atomic E-state index is -4.25. The summed E-state index contributed by atoms with van der Waals surface area (Å²) in [7, 11) is -4.25. The summed E-state index contributed by atoms with van der Waals surface area (Å²) in [5, 5.41) is 9.60. The Balaban J connectivity index is 2.20. The monoisotopic (exact) mass is 374 g/mol. The van der Waals surface area contributed by atoms with E-state index in [-0.39, 0.29) is 17.2 Å². The lowest BCUT2D eigenvalue weighted by Crippen LogP contribution is -2.18. The molecule has 6 heteroatoms. The summed E-state index contributed by atoms with van der Waals surface area (Å²) in [4.78, 5) is 11.5. The maximum atomic E-state index is 11.7. The van der Waals surface area contributed by atoms with Gasteiger partial charge < -0.3 is 5.11 Å². The van der Waals surface area contributed by atoms with Gasteiger partial charge in [-0.2, -0.15) is 8.42 Å². The van der Waals surface area contributed by atoms with E-state index in [1.807, 2.05) is 43.3 Å². The van der Waals surface area contributed by atoms with Gasteiger partial charge in [-0.25, -0.2) is 0 Å². The molecule has 0 radical (unpaired) electrons. The minimum absolute atomic E-state index is 0.0833. The Hall–Kier alpha value is -2.44. The van der Waals surface area contributed by atoms with Gasteiger partial charge in [0.15, 0.2) is 0 Å². The van der Waals surface area contributed by atoms with Crippen molar-refractivity contribution in [2.75, 3.05) is 0 Å². The Bertz CT molecular complexity index is 884. The number of carboxylic acid groups (broad SMARTS) is 1. The van der Waals surface area contributed by atoms with Gasteiger partial charge in [-0.1, -0.05) is 61.0 Å². The predicted octanol–water partition coefficient (Wildman–Crippen LogP) is 3.93. The van der Waals surface area contributed by atoms with Gasteiger partial charge in [0.25, 0.3) is 10.1 Å². The standard InChI is InChI=1S/C20H22O5S/c1-14(17-6-4-3-5-7-17)12-15(2)19(20(21)22)13-16-8-10-18(11-9-16)26(23,24)25/h3-12,14,19H,13H2,1-2H3,(H,21,22)(H,23,24,25). The molecule has 5 nitrogen and oxygen atoms in total. The van der Waals surface area contributed by atoms with Crippen molar-refractivity contribution in [2.45, 2.75) is 31.1 Å². The summed E-state index contributed by atoms with van der Waals surface area (Å²) in [6.45, 7) is 3.81. The maximum Gasteiger partial charge on any atom is 0.310 e. The van der Waals surface area contributed by atoms with Crippen molar-refractivity contribution in [3.63, 3.8) is 0 Å². The zero-order valence-corrected chi connectivity index (χ0v) is 15.5. The lowest BCUT2D eigenvalue weighted by atomic mass is 9.89. The van der Waals surface area contributed by atoms with E-state index in [1.54, 1.807) is 6.92 Å². The van der Waals surface area contributed by atoms with E-state index in [1.165, 1.54) is 24.3 Å². The molecule has 0 aromatic heterocycles. The van der Waals surface area contributed by atoms with Crippen LogP contribution in [0.4, 0.5) is 0 Å². The first-order valence-corrected chi connectivity index (χ1v) is 9.65. The van der Waals surface area contributed by atoms with Crippen molar-refractivity contribution in [1.82, 2.24) is 0 Å². The number of hydrogen-bond acceptors (Lipinski definition) is 3. The van der Waals surface area contributed by atoms with E-state index < -0.39 is 22.0 Å². The molecule has 0 aliphatic heterocycles. The summed E-state index contributed by atoms with van der Waals surface area (Å²) in [5.41, 5.74) is 2.53. The smallest absolute Gasteiger partial charge is 0.310 e. The molecule has 0 saturated carbocycles. The Morgan fingerprint density at radius 3 is 2.15 bits per heavy atom. The Morgan fingerprint density at radius 1 is 1.08 bits per heavy atom. The molecule has 0 heterocycles. The zero-order chi connectivity index (χ0) is 19.3. The zero-order valence-electron chi connectivity index (χ0n) is 14.7. The van der Waals surface area contributed by atoms with Gasteiger partial charge in [0.05, 0.1) is 10.8 Å². The molecular formula is C20H22O5S. The van der Waals surface area contributed by atoms with Crippen LogP contribution in [-0.4, -0.2) is 24.0 Å². The van der Waals surface area contributed by atoms with Gasteiger partial charge in [0.1, 0.15) is 0 Å². The van der Waals surface area contributed by atoms with Crippen molar-refractivity contribution >= 4 is 16.1 Å². The van der Waals surface area contributed by atoms with Crippen LogP contribution >= 0.6 is 0 Å². The molecule has 2 rings (SSSR count). The first-order valence-electron chi connectivity index (χ1n) is 8.21. The predicted molar refractivity (Wildman–Crippen MR) is 99.7 cm³/mol. The SMILES string of the molecule is CC(=CC(C)c1ccccc1)C(Cc1ccc(S(=O)(=O)O)cc1)C(=O)O. The Morgan fingerprint density at radius 2 is 1.65 bits per heavy atom. The summed E-state index contributed by atoms with van der Waals surface area (Å²) >= 11 is 0. The molecule has 2 unspecified atom stereocenters. The third-order valence-corrected chi connectivity index (χ3v) is 5.21. The topological polar surface area (TPSA) is 91.7 Å². The molecule has 0 spiro atoms. The van der Waals surface area contributed by atoms with E-state index in [0.717, 1.165) is 11.1 Å². The minimum Gasteiger partial charge on any atom is -0.481 e. The first-order chi connectivity index (χ1) is 12.2. The highest BCUT2D eigenvalue weighted by Crippen LogP contribution is 2.24. The number of carboxylic acids is 1. The molecule has 0 aliphatic carbocycles. The highest BCUT2D eigenvalue weighted by molar-refractivity contribution is 7.85. The molecule has 0 saturated heterocycles. The van der Waals surface area contributed by atoms with Crippen LogP contribution in [0.5, 0.6) is 0 Å². The van der Waals surface area contributed by atoms with Crippen molar-refractivity contribution in [3.8, 4) is 0 Å². The van der Waals surface area contributed by atoms with Crippen LogP contribution in [0.2, 0.25) is 0 Å². The highest BCUT2D eigenvalue weighted by atomic mass is 32.2. The fraction of sp³-hybridized carbons (Fsp3) is 0.250. The maximum absolute atomic E-state index is 11.7. The van der Waals surface area contributed by atoms with Crippen molar-refractivity contribution < 1.29 is 22.9 Å². The van der Waals surface area contributed by atoms with Crippen molar-refractivity contribution in [3.05, 3.63) is 77.4 Å². The van der Waals surface area contributed by atoms with Gasteiger partial charge in [0.2, 0.25) is 0 Å². The van der Waals surface area contributed by atoms with Crippen LogP contribution < -0.4 is 0 Å². The molecule has 0 aliphatic rings. The van der Waals surface area contributed by atoms with Crippen LogP contribution in [0, 0.1) is 5.92 Å². The van der Waals surface area contributed by atoms with Gasteiger partial charge in [0, 0.05) is 0 Å². The summed E-state index contributed by atoms with van der Waals surface area (Å²) in [6.07, 6.45) is 2.19. The van der Waals surface area contributed by atoms with Gasteiger partial charge in [-0.15, -0.1) is 0 Å². The number of rotatable bonds is 7. The summed E-state index contributed by atoms with van der Waals surface area (Å²) < 4.78 is 31.2. The summed E-state index contributed by atoms with van der Waals surface area (Å²) in [5.74, 6) is -1.56. The molecule has 26 heavy (non-hydrogen) atoms. The molecular weight excluding hydrogens is 352 g/mol. The number of allylic oxidation sites excluding steroid dienone is 1. The van der Waals surface area contributed by atoms with Crippen molar-refractivity contribution in [2.24, 2.45) is 5.92 Å². The Labute approximate surface area is 153 Å². The molecule has 2 N–H and O–H groups in total. The van der Waals surface area contributed by atoms with Gasteiger partial charge in [-0.3, -0.25) is 9.35 Å². The second-order valence-electron chi connectivity index (χ2n) is 6.32. The lowest BCUT2D eigenvalue weighted by Gasteiger charge is -2.16. The van der Waals surface area contributed by atoms with Gasteiger partial charge >= 0.3 is 5.97 Å². The Kier molecular flexibility index (Phi) is 6.34. The highest BCUT2D eigenvalue weighted by Gasteiger charge is 2.21. The fourth-order valence-corrected chi connectivity index (χ4v) is 3.32. The molecule has 2 aromatic carbocycles. The van der Waals surface area contributed by atoms with Crippen LogP contribution in [0.1, 0.15) is 30.9 Å². The van der Waals surface area contributed by atoms with E-state index in [4.69, 9.17) is 4.55 Å². The summed E-state index contributed by atoms with van der Waals surface area (Å²) in [6, 6.07) is 15.4. The van der Waals surface area contributed by atoms with Crippen LogP contribution in [-0.2, 0) is 21.3 Å². The molecule has 138 valence electrons. The van der Waals surface area contributed by atoms with E-state index >= 15 is 0 Å². The number of hydrogen-bond donors (Lipinski definition) is 2. The fourth-order valence-electron chi connectivity index (χ4n) is 2.84. The van der Waals surface area contributed by atoms with Crippen LogP contribution in [0.15, 0.2) is 71.1 Å². The molecule has 2 atom stereocenters. The third kappa shape index (κ3) is 5.28. The average Bonchev–Trinajstić information content (AvgIpc) is 2.59. The van der Waals surface area contributed by atoms with Crippen LogP contribution in [0.25, 0.3) is 0 Å². The number of benzene rings is 2. The largest absolute Gasteiger partial charge is 0.481 e. The molecule has 2 aromatic rings. The number of aliphatic carboxylic acids is 1. The van der Waals surface area contributed by atoms with E-state index in [9.17, 15) is 18.3 Å². The average molecular weight is 374 g/mol. The van der Waals surface area contributed by atoms with Crippen LogP contribution in [0.3, 0.4) is 0 Å². The second kappa shape index (κ2) is 8.29. The second-order valence-corrected chi connectivity index (χ2v) is 7.75. The normalized spacial score (nSPS) is 14.7. The van der Waals surface area contributed by atoms with Crippen molar-refractivity contribution in [1.29, 1.82) is 0 Å².